The zero-order valence-electron chi connectivity index (χ0n) is 19.9. The van der Waals surface area contributed by atoms with Crippen LogP contribution in [0.5, 0.6) is 0 Å². The number of ether oxygens (including phenoxy) is 1. The Bertz CT molecular complexity index is 1020. The van der Waals surface area contributed by atoms with E-state index in [1.807, 2.05) is 18.2 Å². The lowest BCUT2D eigenvalue weighted by molar-refractivity contribution is -0.938. The summed E-state index contributed by atoms with van der Waals surface area (Å²) in [4.78, 5) is 26.9. The molecule has 0 unspecified atom stereocenters. The first kappa shape index (κ1) is 23.2. The van der Waals surface area contributed by atoms with Crippen LogP contribution in [0.2, 0.25) is 0 Å². The highest BCUT2D eigenvalue weighted by molar-refractivity contribution is 5.97. The van der Waals surface area contributed by atoms with Crippen molar-refractivity contribution in [2.24, 2.45) is 5.92 Å². The lowest BCUT2D eigenvalue weighted by atomic mass is 9.74. The smallest absolute Gasteiger partial charge is 0.317 e. The molecule has 3 aliphatic heterocycles. The number of benzene rings is 2. The molecule has 3 saturated heterocycles. The molecule has 34 heavy (non-hydrogen) atoms. The molecule has 2 aromatic rings. The molecule has 3 heterocycles. The van der Waals surface area contributed by atoms with Crippen LogP contribution in [-0.4, -0.2) is 48.5 Å². The Labute approximate surface area is 201 Å². The van der Waals surface area contributed by atoms with E-state index < -0.39 is 5.41 Å². The van der Waals surface area contributed by atoms with Crippen LogP contribution >= 0.6 is 0 Å². The summed E-state index contributed by atoms with van der Waals surface area (Å²) in [6, 6.07) is 16.1. The fraction of sp³-hybridized carbons (Fsp3) is 0.517. The third-order valence-electron chi connectivity index (χ3n) is 8.60. The van der Waals surface area contributed by atoms with E-state index in [-0.39, 0.29) is 23.7 Å². The molecular formula is C29H35FNO3+. The van der Waals surface area contributed by atoms with Gasteiger partial charge in [-0.15, -0.1) is 0 Å². The number of Topliss-reactive ketones (excluding diaryl/α,β-unsaturated/α-hetero) is 1. The number of ketones is 1. The summed E-state index contributed by atoms with van der Waals surface area (Å²) in [5.41, 5.74) is 0.940. The Morgan fingerprint density at radius 2 is 1.65 bits per heavy atom. The molecule has 2 aromatic carbocycles. The number of nitrogens with zero attached hydrogens (tertiary/aromatic N) is 1. The number of quaternary nitrogens is 1. The van der Waals surface area contributed by atoms with Crippen molar-refractivity contribution in [3.63, 3.8) is 0 Å². The molecule has 0 amide bonds. The van der Waals surface area contributed by atoms with Crippen molar-refractivity contribution in [1.29, 1.82) is 0 Å². The quantitative estimate of drug-likeness (QED) is 0.247. The van der Waals surface area contributed by atoms with Crippen molar-refractivity contribution in [2.45, 2.75) is 62.9 Å². The van der Waals surface area contributed by atoms with E-state index in [9.17, 15) is 14.0 Å². The van der Waals surface area contributed by atoms with Crippen molar-refractivity contribution >= 4 is 11.8 Å². The average Bonchev–Trinajstić information content (AvgIpc) is 3.12. The zero-order chi connectivity index (χ0) is 23.6. The number of carbonyl (C=O) groups is 2. The first-order valence-corrected chi connectivity index (χ1v) is 12.9. The monoisotopic (exact) mass is 464 g/mol. The molecule has 1 aliphatic carbocycles. The van der Waals surface area contributed by atoms with Gasteiger partial charge in [0.05, 0.1) is 18.5 Å². The molecule has 6 rings (SSSR count). The fourth-order valence-electron chi connectivity index (χ4n) is 6.58. The number of carbonyl (C=O) groups excluding carboxylic acids is 2. The first-order valence-electron chi connectivity index (χ1n) is 12.9. The van der Waals surface area contributed by atoms with Crippen LogP contribution in [-0.2, 0) is 14.9 Å². The van der Waals surface area contributed by atoms with E-state index in [0.717, 1.165) is 70.0 Å². The Morgan fingerprint density at radius 3 is 2.32 bits per heavy atom. The van der Waals surface area contributed by atoms with Crippen LogP contribution in [0.3, 0.4) is 0 Å². The summed E-state index contributed by atoms with van der Waals surface area (Å²) in [6.07, 6.45) is 7.86. The minimum Gasteiger partial charge on any atom is -0.455 e. The van der Waals surface area contributed by atoms with Crippen molar-refractivity contribution in [3.05, 3.63) is 71.5 Å². The summed E-state index contributed by atoms with van der Waals surface area (Å²) in [6.45, 7) is 2.86. The summed E-state index contributed by atoms with van der Waals surface area (Å²) in [7, 11) is 0. The van der Waals surface area contributed by atoms with Crippen LogP contribution in [0.15, 0.2) is 54.6 Å². The highest BCUT2D eigenvalue weighted by Gasteiger charge is 2.51. The van der Waals surface area contributed by atoms with Gasteiger partial charge in [-0.25, -0.2) is 4.39 Å². The predicted molar refractivity (Wildman–Crippen MR) is 129 cm³/mol. The summed E-state index contributed by atoms with van der Waals surface area (Å²) in [5, 5.41) is 0. The molecule has 180 valence electrons. The van der Waals surface area contributed by atoms with Crippen LogP contribution < -0.4 is 0 Å². The van der Waals surface area contributed by atoms with Gasteiger partial charge in [0.1, 0.15) is 18.9 Å². The molecule has 4 fully saturated rings. The normalized spacial score (nSPS) is 28.1. The highest BCUT2D eigenvalue weighted by atomic mass is 19.1. The van der Waals surface area contributed by atoms with Gasteiger partial charge in [-0.2, -0.15) is 0 Å². The molecule has 0 radical (unpaired) electrons. The molecule has 4 nitrogen and oxygen atoms in total. The minimum absolute atomic E-state index is 0.0329. The third kappa shape index (κ3) is 4.55. The number of halogens is 1. The van der Waals surface area contributed by atoms with Gasteiger partial charge in [-0.05, 0) is 30.5 Å². The minimum atomic E-state index is -0.563. The van der Waals surface area contributed by atoms with Crippen LogP contribution in [0.25, 0.3) is 0 Å². The molecule has 5 heteroatoms. The summed E-state index contributed by atoms with van der Waals surface area (Å²) in [5.74, 6) is -0.125. The molecule has 0 aromatic heterocycles. The van der Waals surface area contributed by atoms with Crippen molar-refractivity contribution in [3.8, 4) is 0 Å². The maximum atomic E-state index is 13.9. The second-order valence-electron chi connectivity index (χ2n) is 10.7. The Kier molecular flexibility index (Phi) is 6.57. The molecule has 1 atom stereocenters. The van der Waals surface area contributed by atoms with E-state index in [1.54, 1.807) is 12.1 Å². The van der Waals surface area contributed by atoms with E-state index >= 15 is 0 Å². The second-order valence-corrected chi connectivity index (χ2v) is 10.7. The number of fused-ring (bicyclic) bond motifs is 3. The van der Waals surface area contributed by atoms with Gasteiger partial charge in [0.15, 0.2) is 6.10 Å². The molecule has 2 bridgehead atoms. The molecular weight excluding hydrogens is 429 g/mol. The molecule has 1 saturated carbocycles. The van der Waals surface area contributed by atoms with Crippen LogP contribution in [0, 0.1) is 11.7 Å². The number of esters is 1. The van der Waals surface area contributed by atoms with Gasteiger partial charge in [-0.1, -0.05) is 68.1 Å². The first-order chi connectivity index (χ1) is 16.5. The standard InChI is InChI=1S/C29H35FNO3/c30-25-12-8-9-23(19-25)26(32)20-31-17-13-22(14-18-31)27(21-31)34-28(33)29(15-6-1-2-7-16-29)24-10-4-3-5-11-24/h3-5,8-12,19,22,27H,1-2,6-7,13-18,20-21H2/q+1/t22?,27-,31?/m0/s1. The highest BCUT2D eigenvalue weighted by Crippen LogP contribution is 2.42. The van der Waals surface area contributed by atoms with Crippen molar-refractivity contribution < 1.29 is 23.2 Å². The maximum Gasteiger partial charge on any atom is 0.317 e. The molecule has 0 N–H and O–H groups in total. The summed E-state index contributed by atoms with van der Waals surface area (Å²) < 4.78 is 20.7. The van der Waals surface area contributed by atoms with E-state index in [4.69, 9.17) is 4.74 Å². The number of hydrogen-bond donors (Lipinski definition) is 0. The van der Waals surface area contributed by atoms with Crippen LogP contribution in [0.1, 0.15) is 67.3 Å². The Balaban J connectivity index is 1.34. The fourth-order valence-corrected chi connectivity index (χ4v) is 6.58. The SMILES string of the molecule is O=C(C[N+]12CCC(CC1)[C@@H](OC(=O)C1(c3ccccc3)CCCCCC1)C2)c1cccc(F)c1. The predicted octanol–water partition coefficient (Wildman–Crippen LogP) is 5.45. The average molecular weight is 465 g/mol. The Morgan fingerprint density at radius 1 is 0.941 bits per heavy atom. The third-order valence-corrected chi connectivity index (χ3v) is 8.60. The summed E-state index contributed by atoms with van der Waals surface area (Å²) >= 11 is 0. The topological polar surface area (TPSA) is 43.4 Å². The van der Waals surface area contributed by atoms with Gasteiger partial charge in [-0.3, -0.25) is 9.59 Å². The van der Waals surface area contributed by atoms with Crippen molar-refractivity contribution in [1.82, 2.24) is 0 Å². The lowest BCUT2D eigenvalue weighted by Crippen LogP contribution is -2.66. The molecule has 4 aliphatic rings. The van der Waals surface area contributed by atoms with Gasteiger partial charge in [0.2, 0.25) is 5.78 Å². The van der Waals surface area contributed by atoms with Crippen LogP contribution in [0.4, 0.5) is 4.39 Å². The van der Waals surface area contributed by atoms with E-state index in [2.05, 4.69) is 12.1 Å². The van der Waals surface area contributed by atoms with Gasteiger partial charge >= 0.3 is 5.97 Å². The van der Waals surface area contributed by atoms with Gasteiger partial charge < -0.3 is 9.22 Å². The number of rotatable bonds is 6. The van der Waals surface area contributed by atoms with E-state index in [0.29, 0.717) is 29.1 Å². The zero-order valence-corrected chi connectivity index (χ0v) is 19.9. The van der Waals surface area contributed by atoms with Gasteiger partial charge in [0, 0.05) is 24.3 Å². The molecule has 0 spiro atoms. The van der Waals surface area contributed by atoms with Crippen molar-refractivity contribution in [2.75, 3.05) is 26.2 Å². The maximum absolute atomic E-state index is 13.9. The van der Waals surface area contributed by atoms with E-state index in [1.165, 1.54) is 12.1 Å². The van der Waals surface area contributed by atoms with Gasteiger partial charge in [0.25, 0.3) is 0 Å². The lowest BCUT2D eigenvalue weighted by Gasteiger charge is -2.52. The number of piperidine rings is 3. The Hall–Kier alpha value is -2.53. The second kappa shape index (κ2) is 9.61. The largest absolute Gasteiger partial charge is 0.455 e. The number of hydrogen-bond acceptors (Lipinski definition) is 3.